The molecular formula is C51H18F4N8O7S4. The molecule has 0 radical (unpaired) electrons. The molecule has 4 aromatic heterocycles. The summed E-state index contributed by atoms with van der Waals surface area (Å²) in [5, 5.41) is 39.1. The Hall–Kier alpha value is -9.36. The third-order valence-electron chi connectivity index (χ3n) is 11.7. The third kappa shape index (κ3) is 7.38. The normalized spacial score (nSPS) is 14.9. The molecule has 0 N–H and O–H groups in total. The van der Waals surface area contributed by atoms with Gasteiger partial charge in [0.1, 0.15) is 74.4 Å². The molecular weight excluding hydrogens is 1040 g/mol. The van der Waals surface area contributed by atoms with Gasteiger partial charge in [0.25, 0.3) is 0 Å². The van der Waals surface area contributed by atoms with Crippen LogP contribution in [0.3, 0.4) is 0 Å². The van der Waals surface area contributed by atoms with Crippen molar-refractivity contribution in [3.63, 3.8) is 0 Å². The first-order valence-corrected chi connectivity index (χ1v) is 24.4. The lowest BCUT2D eigenvalue weighted by Crippen LogP contribution is -2.52. The second-order valence-corrected chi connectivity index (χ2v) is 19.8. The summed E-state index contributed by atoms with van der Waals surface area (Å²) in [4.78, 5) is 76.8. The van der Waals surface area contributed by atoms with Crippen LogP contribution >= 0.6 is 45.3 Å². The highest BCUT2D eigenvalue weighted by Crippen LogP contribution is 2.61. The fourth-order valence-electron chi connectivity index (χ4n) is 8.37. The molecule has 15 nitrogen and oxygen atoms in total. The Morgan fingerprint density at radius 3 is 1.43 bits per heavy atom. The summed E-state index contributed by atoms with van der Waals surface area (Å²) in [5.74, 6) is -9.86. The molecule has 23 heteroatoms. The zero-order valence-corrected chi connectivity index (χ0v) is 39.8. The first kappa shape index (κ1) is 47.0. The SMILES string of the molecule is N#CC(C#N)=C1/C(=N/c2nc3sc4c(c3s2)OC(C(=O)OCc2ccccc2)(C(=O)OCc2ccccc2)c2c-4sc3nc(/N=C4\C(=O)c5cc(F)c(F)cc5C4=C(C#N)C#N)sc23)C(=O)c2cc(F)c(F)cc21. The Bertz CT molecular complexity index is 4120. The van der Waals surface area contributed by atoms with Crippen molar-refractivity contribution in [3.8, 4) is 39.8 Å². The Labute approximate surface area is 427 Å². The van der Waals surface area contributed by atoms with Crippen molar-refractivity contribution >= 4 is 121 Å². The van der Waals surface area contributed by atoms with Gasteiger partial charge in [-0.1, -0.05) is 83.3 Å². The van der Waals surface area contributed by atoms with Crippen LogP contribution in [0, 0.1) is 68.6 Å². The van der Waals surface area contributed by atoms with Crippen LogP contribution < -0.4 is 4.74 Å². The molecule has 11 rings (SSSR count). The molecule has 3 aliphatic rings. The van der Waals surface area contributed by atoms with Crippen LogP contribution in [0.25, 0.3) is 40.0 Å². The van der Waals surface area contributed by atoms with E-state index in [2.05, 4.69) is 20.0 Å². The molecule has 0 bridgehead atoms. The molecule has 0 spiro atoms. The number of hydrogen-bond donors (Lipinski definition) is 0. The first-order chi connectivity index (χ1) is 35.8. The molecule has 0 atom stereocenters. The number of ether oxygens (including phenoxy) is 3. The lowest BCUT2D eigenvalue weighted by molar-refractivity contribution is -0.183. The molecule has 356 valence electrons. The minimum absolute atomic E-state index is 0.0797. The summed E-state index contributed by atoms with van der Waals surface area (Å²) in [7, 11) is 0. The average Bonchev–Trinajstić information content (AvgIpc) is 4.27. The molecule has 0 saturated carbocycles. The fraction of sp³-hybridized carbons (Fsp3) is 0.0588. The van der Waals surface area contributed by atoms with Crippen molar-refractivity contribution in [2.45, 2.75) is 18.8 Å². The van der Waals surface area contributed by atoms with E-state index >= 15 is 9.59 Å². The van der Waals surface area contributed by atoms with Gasteiger partial charge in [0.05, 0.1) is 20.0 Å². The molecule has 0 saturated heterocycles. The van der Waals surface area contributed by atoms with Crippen LogP contribution in [0.15, 0.2) is 106 Å². The number of rotatable bonds is 8. The third-order valence-corrected chi connectivity index (χ3v) is 16.1. The number of benzene rings is 4. The fourth-order valence-corrected chi connectivity index (χ4v) is 13.1. The number of esters is 2. The van der Waals surface area contributed by atoms with Crippen LogP contribution in [0.4, 0.5) is 27.8 Å². The highest BCUT2D eigenvalue weighted by molar-refractivity contribution is 7.35. The minimum atomic E-state index is -2.82. The van der Waals surface area contributed by atoms with Gasteiger partial charge >= 0.3 is 17.5 Å². The number of ketones is 2. The van der Waals surface area contributed by atoms with Gasteiger partial charge in [0.2, 0.25) is 21.8 Å². The zero-order chi connectivity index (χ0) is 51.7. The van der Waals surface area contributed by atoms with Gasteiger partial charge < -0.3 is 14.2 Å². The van der Waals surface area contributed by atoms with Gasteiger partial charge in [0.15, 0.2) is 29.0 Å². The maximum atomic E-state index is 15.2. The van der Waals surface area contributed by atoms with Crippen molar-refractivity contribution in [2.75, 3.05) is 0 Å². The van der Waals surface area contributed by atoms with Crippen molar-refractivity contribution in [1.82, 2.24) is 9.97 Å². The minimum Gasteiger partial charge on any atom is -0.457 e. The smallest absolute Gasteiger partial charge is 0.367 e. The molecule has 5 heterocycles. The molecule has 1 aliphatic heterocycles. The van der Waals surface area contributed by atoms with Gasteiger partial charge in [-0.3, -0.25) is 9.59 Å². The topological polar surface area (TPSA) is 242 Å². The summed E-state index contributed by atoms with van der Waals surface area (Å²) in [6.07, 6.45) is 0. The summed E-state index contributed by atoms with van der Waals surface area (Å²) in [6, 6.07) is 26.3. The monoisotopic (exact) mass is 1060 g/mol. The maximum absolute atomic E-state index is 15.2. The number of aliphatic imine (C=N–C) groups is 2. The van der Waals surface area contributed by atoms with Crippen LogP contribution in [0.2, 0.25) is 0 Å². The van der Waals surface area contributed by atoms with Crippen LogP contribution in [0.5, 0.6) is 5.75 Å². The number of carbonyl (C=O) groups excluding carboxylic acids is 4. The van der Waals surface area contributed by atoms with Crippen LogP contribution in [-0.2, 0) is 37.9 Å². The second kappa shape index (κ2) is 18.0. The van der Waals surface area contributed by atoms with Crippen molar-refractivity contribution < 1.29 is 51.0 Å². The molecule has 4 aromatic carbocycles. The van der Waals surface area contributed by atoms with E-state index < -0.39 is 74.9 Å². The Morgan fingerprint density at radius 1 is 0.581 bits per heavy atom. The number of thiazole rings is 2. The van der Waals surface area contributed by atoms with Gasteiger partial charge in [-0.05, 0) is 35.4 Å². The van der Waals surface area contributed by atoms with E-state index in [-0.39, 0.29) is 92.1 Å². The Kier molecular flexibility index (Phi) is 11.5. The Morgan fingerprint density at radius 2 is 0.986 bits per heavy atom. The number of carbonyl (C=O) groups is 4. The quantitative estimate of drug-likeness (QED) is 0.0596. The van der Waals surface area contributed by atoms with E-state index in [0.717, 1.165) is 45.3 Å². The average molecular weight is 1060 g/mol. The zero-order valence-electron chi connectivity index (χ0n) is 36.6. The number of hydrogen-bond acceptors (Lipinski definition) is 19. The molecule has 0 amide bonds. The van der Waals surface area contributed by atoms with Gasteiger partial charge in [-0.2, -0.15) is 21.0 Å². The van der Waals surface area contributed by atoms with E-state index in [1.807, 2.05) is 0 Å². The number of Topliss-reactive ketones (excluding diaryl/α,β-unsaturated/α-hetero) is 2. The number of allylic oxidation sites excluding steroid dienone is 4. The molecule has 0 unspecified atom stereocenters. The highest BCUT2D eigenvalue weighted by atomic mass is 32.1. The largest absolute Gasteiger partial charge is 0.457 e. The van der Waals surface area contributed by atoms with Gasteiger partial charge in [0, 0.05) is 33.4 Å². The molecule has 2 aliphatic carbocycles. The predicted molar refractivity (Wildman–Crippen MR) is 261 cm³/mol. The van der Waals surface area contributed by atoms with E-state index in [0.29, 0.717) is 40.3 Å². The van der Waals surface area contributed by atoms with Crippen molar-refractivity contribution in [3.05, 3.63) is 158 Å². The number of nitriles is 4. The van der Waals surface area contributed by atoms with Gasteiger partial charge in [-0.15, -0.1) is 22.7 Å². The number of fused-ring (bicyclic) bond motifs is 9. The van der Waals surface area contributed by atoms with Crippen LogP contribution in [0.1, 0.15) is 48.5 Å². The lowest BCUT2D eigenvalue weighted by atomic mass is 9.91. The summed E-state index contributed by atoms with van der Waals surface area (Å²) in [6.45, 7) is -0.719. The maximum Gasteiger partial charge on any atom is 0.367 e. The number of halogens is 4. The van der Waals surface area contributed by atoms with Crippen LogP contribution in [-0.4, -0.2) is 44.9 Å². The molecule has 74 heavy (non-hydrogen) atoms. The van der Waals surface area contributed by atoms with E-state index in [1.54, 1.807) is 84.9 Å². The number of aromatic nitrogens is 2. The van der Waals surface area contributed by atoms with E-state index in [9.17, 15) is 48.2 Å². The lowest BCUT2D eigenvalue weighted by Gasteiger charge is -2.33. The molecule has 0 fully saturated rings. The predicted octanol–water partition coefficient (Wildman–Crippen LogP) is 10.9. The van der Waals surface area contributed by atoms with E-state index in [4.69, 9.17) is 14.2 Å². The Balaban J connectivity index is 1.10. The number of thiophene rings is 2. The molecule has 8 aromatic rings. The van der Waals surface area contributed by atoms with Gasteiger partial charge in [-0.25, -0.2) is 47.1 Å². The summed E-state index contributed by atoms with van der Waals surface area (Å²) < 4.78 is 76.9. The first-order valence-electron chi connectivity index (χ1n) is 21.1. The second-order valence-electron chi connectivity index (χ2n) is 15.9. The van der Waals surface area contributed by atoms with E-state index in [1.165, 1.54) is 0 Å². The van der Waals surface area contributed by atoms with Crippen molar-refractivity contribution in [2.24, 2.45) is 9.98 Å². The van der Waals surface area contributed by atoms with Crippen molar-refractivity contribution in [1.29, 1.82) is 21.0 Å². The summed E-state index contributed by atoms with van der Waals surface area (Å²) >= 11 is 3.56. The highest BCUT2D eigenvalue weighted by Gasteiger charge is 2.60. The number of nitrogens with zero attached hydrogens (tertiary/aromatic N) is 8. The summed E-state index contributed by atoms with van der Waals surface area (Å²) in [5.41, 5.74) is -6.05. The standard InChI is InChI=1S/C51H18F4N8O7S4/c52-29-11-25-27(13-31(29)54)38(64)36(33(25)23(15-56)16-57)60-49-62-45-42(73-49)35-41(71-45)43-40(70-51(35,47(66)68-19-21-7-3-1-4-8-21)48(67)69-20-22-9-5-2-6-10-22)44-46(72-43)63-50(74-44)61-37-34(24(17-58)18-59)26-12-30(53)32(55)14-28(26)39(37)65/h1-14H,19-20H2/b60-36-,61-37-.